The number of pyridine rings is 1. The zero-order valence-electron chi connectivity index (χ0n) is 14.0. The van der Waals surface area contributed by atoms with E-state index < -0.39 is 0 Å². The summed E-state index contributed by atoms with van der Waals surface area (Å²) in [6, 6.07) is 11.6. The van der Waals surface area contributed by atoms with Crippen LogP contribution in [0.15, 0.2) is 61.3 Å². The van der Waals surface area contributed by atoms with Crippen molar-refractivity contribution in [2.24, 2.45) is 0 Å². The molecule has 7 heteroatoms. The van der Waals surface area contributed by atoms with Crippen LogP contribution in [0.4, 0.5) is 5.69 Å². The van der Waals surface area contributed by atoms with Gasteiger partial charge >= 0.3 is 0 Å². The Hall–Kier alpha value is -2.25. The zero-order valence-corrected chi connectivity index (χ0v) is 15.7. The van der Waals surface area contributed by atoms with E-state index in [1.807, 2.05) is 35.7 Å². The lowest BCUT2D eigenvalue weighted by Gasteiger charge is -2.21. The van der Waals surface area contributed by atoms with Gasteiger partial charge in [-0.25, -0.2) is 9.97 Å². The number of hydrogen-bond donors (Lipinski definition) is 1. The lowest BCUT2D eigenvalue weighted by atomic mass is 10.2. The number of thioether (sulfide) groups is 2. The predicted octanol–water partition coefficient (Wildman–Crippen LogP) is 4.39. The molecule has 3 heterocycles. The van der Waals surface area contributed by atoms with E-state index in [0.29, 0.717) is 16.0 Å². The average Bonchev–Trinajstić information content (AvgIpc) is 3.24. The fourth-order valence-electron chi connectivity index (χ4n) is 2.74. The van der Waals surface area contributed by atoms with Gasteiger partial charge in [0.2, 0.25) is 0 Å². The first kappa shape index (κ1) is 17.2. The molecule has 1 fully saturated rings. The minimum absolute atomic E-state index is 0.144. The van der Waals surface area contributed by atoms with Crippen LogP contribution < -0.4 is 5.32 Å². The first-order chi connectivity index (χ1) is 12.8. The molecule has 2 aromatic heterocycles. The van der Waals surface area contributed by atoms with E-state index in [1.54, 1.807) is 41.6 Å². The molecule has 1 amide bonds. The maximum Gasteiger partial charge on any atom is 0.255 e. The van der Waals surface area contributed by atoms with Crippen molar-refractivity contribution >= 4 is 35.1 Å². The van der Waals surface area contributed by atoms with Crippen LogP contribution in [-0.2, 0) is 0 Å². The molecule has 132 valence electrons. The summed E-state index contributed by atoms with van der Waals surface area (Å²) in [5, 5.41) is 3.00. The molecule has 1 aliphatic heterocycles. The van der Waals surface area contributed by atoms with Gasteiger partial charge in [0.15, 0.2) is 0 Å². The summed E-state index contributed by atoms with van der Waals surface area (Å²) in [6.07, 6.45) is 8.04. The van der Waals surface area contributed by atoms with Crippen molar-refractivity contribution in [1.82, 2.24) is 14.5 Å². The highest BCUT2D eigenvalue weighted by atomic mass is 32.2. The van der Waals surface area contributed by atoms with Gasteiger partial charge < -0.3 is 5.32 Å². The van der Waals surface area contributed by atoms with Crippen LogP contribution in [0.2, 0.25) is 0 Å². The molecule has 0 spiro atoms. The van der Waals surface area contributed by atoms with E-state index in [2.05, 4.69) is 27.4 Å². The Kier molecular flexibility index (Phi) is 5.26. The van der Waals surface area contributed by atoms with Gasteiger partial charge in [0.25, 0.3) is 5.91 Å². The third-order valence-electron chi connectivity index (χ3n) is 4.02. The summed E-state index contributed by atoms with van der Waals surface area (Å²) in [5.41, 5.74) is 2.64. The molecule has 26 heavy (non-hydrogen) atoms. The van der Waals surface area contributed by atoms with Crippen molar-refractivity contribution in [2.75, 3.05) is 16.8 Å². The van der Waals surface area contributed by atoms with Crippen LogP contribution >= 0.6 is 23.5 Å². The van der Waals surface area contributed by atoms with Crippen LogP contribution in [-0.4, -0.2) is 31.9 Å². The smallest absolute Gasteiger partial charge is 0.255 e. The van der Waals surface area contributed by atoms with E-state index in [4.69, 9.17) is 0 Å². The number of carbonyl (C=O) groups excluding carboxylic acids is 1. The first-order valence-electron chi connectivity index (χ1n) is 8.38. The van der Waals surface area contributed by atoms with E-state index in [1.165, 1.54) is 23.5 Å². The third kappa shape index (κ3) is 3.94. The Balaban J connectivity index is 1.50. The number of nitrogens with zero attached hydrogens (tertiary/aromatic N) is 3. The normalized spacial score (nSPS) is 14.9. The van der Waals surface area contributed by atoms with Crippen molar-refractivity contribution < 1.29 is 4.79 Å². The lowest BCUT2D eigenvalue weighted by Crippen LogP contribution is -2.13. The van der Waals surface area contributed by atoms with Crippen molar-refractivity contribution in [2.45, 2.75) is 11.0 Å². The second-order valence-electron chi connectivity index (χ2n) is 5.88. The second kappa shape index (κ2) is 7.97. The summed E-state index contributed by atoms with van der Waals surface area (Å²) in [5.74, 6) is 2.92. The largest absolute Gasteiger partial charge is 0.322 e. The molecule has 0 atom stereocenters. The highest BCUT2D eigenvalue weighted by Crippen LogP contribution is 2.44. The number of hydrogen-bond acceptors (Lipinski definition) is 5. The van der Waals surface area contributed by atoms with E-state index in [-0.39, 0.29) is 5.91 Å². The van der Waals surface area contributed by atoms with E-state index in [9.17, 15) is 4.79 Å². The number of benzene rings is 1. The fraction of sp³-hybridized carbons (Fsp3) is 0.211. The number of aromatic nitrogens is 3. The lowest BCUT2D eigenvalue weighted by molar-refractivity contribution is 0.102. The number of imidazole rings is 1. The molecule has 1 aliphatic rings. The molecule has 1 N–H and O–H groups in total. The minimum Gasteiger partial charge on any atom is -0.322 e. The maximum absolute atomic E-state index is 12.6. The van der Waals surface area contributed by atoms with Gasteiger partial charge in [-0.05, 0) is 47.8 Å². The van der Waals surface area contributed by atoms with Gasteiger partial charge in [-0.1, -0.05) is 12.1 Å². The average molecular weight is 383 g/mol. The molecule has 0 bridgehead atoms. The number of anilines is 1. The van der Waals surface area contributed by atoms with Gasteiger partial charge in [-0.2, -0.15) is 0 Å². The van der Waals surface area contributed by atoms with Gasteiger partial charge in [0.1, 0.15) is 12.1 Å². The topological polar surface area (TPSA) is 59.8 Å². The van der Waals surface area contributed by atoms with Crippen molar-refractivity contribution in [1.29, 1.82) is 0 Å². The molecular weight excluding hydrogens is 364 g/mol. The Bertz CT molecular complexity index is 892. The van der Waals surface area contributed by atoms with Crippen LogP contribution in [0, 0.1) is 0 Å². The Labute approximate surface area is 160 Å². The zero-order chi connectivity index (χ0) is 17.8. The predicted molar refractivity (Wildman–Crippen MR) is 108 cm³/mol. The fourth-order valence-corrected chi connectivity index (χ4v) is 5.62. The molecule has 3 aromatic rings. The van der Waals surface area contributed by atoms with Gasteiger partial charge in [-0.15, -0.1) is 23.5 Å². The highest BCUT2D eigenvalue weighted by molar-refractivity contribution is 8.16. The molecule has 4 rings (SSSR count). The number of amides is 1. The molecule has 1 aromatic carbocycles. The highest BCUT2D eigenvalue weighted by Gasteiger charge is 2.17. The van der Waals surface area contributed by atoms with Crippen molar-refractivity contribution in [3.8, 4) is 5.82 Å². The van der Waals surface area contributed by atoms with E-state index in [0.717, 1.165) is 5.69 Å². The van der Waals surface area contributed by atoms with Crippen LogP contribution in [0.1, 0.15) is 26.9 Å². The van der Waals surface area contributed by atoms with Crippen molar-refractivity contribution in [3.05, 3.63) is 72.4 Å². The Morgan fingerprint density at radius 2 is 2.04 bits per heavy atom. The molecule has 0 unspecified atom stereocenters. The summed E-state index contributed by atoms with van der Waals surface area (Å²) >= 11 is 3.95. The molecule has 0 radical (unpaired) electrons. The molecule has 0 aliphatic carbocycles. The van der Waals surface area contributed by atoms with Crippen molar-refractivity contribution in [3.63, 3.8) is 0 Å². The Morgan fingerprint density at radius 1 is 1.15 bits per heavy atom. The van der Waals surface area contributed by atoms with E-state index >= 15 is 0 Å². The number of carbonyl (C=O) groups is 1. The SMILES string of the molecule is O=C(Nc1cccc(C2SCCCS2)c1)c1ccnc(-n2ccnc2)c1. The standard InChI is InChI=1S/C19H18N4OS2/c24-18(14-5-6-21-17(12-14)23-8-7-20-13-23)22-16-4-1-3-15(11-16)19-25-9-2-10-26-19/h1,3-8,11-13,19H,2,9-10H2,(H,22,24). The van der Waals surface area contributed by atoms with Gasteiger partial charge in [0, 0.05) is 29.8 Å². The summed E-state index contributed by atoms with van der Waals surface area (Å²) in [6.45, 7) is 0. The van der Waals surface area contributed by atoms with Gasteiger partial charge in [-0.3, -0.25) is 9.36 Å². The maximum atomic E-state index is 12.6. The third-order valence-corrected chi connectivity index (χ3v) is 7.04. The number of nitrogens with one attached hydrogen (secondary N) is 1. The Morgan fingerprint density at radius 3 is 2.85 bits per heavy atom. The molecule has 5 nitrogen and oxygen atoms in total. The molecule has 0 saturated carbocycles. The summed E-state index contributed by atoms with van der Waals surface area (Å²) in [4.78, 5) is 20.9. The molecule has 1 saturated heterocycles. The number of rotatable bonds is 4. The van der Waals surface area contributed by atoms with Gasteiger partial charge in [0.05, 0.1) is 4.58 Å². The second-order valence-corrected chi connectivity index (χ2v) is 8.60. The molecular formula is C19H18N4OS2. The quantitative estimate of drug-likeness (QED) is 0.725. The monoisotopic (exact) mass is 382 g/mol. The van der Waals surface area contributed by atoms with Crippen LogP contribution in [0.25, 0.3) is 5.82 Å². The van der Waals surface area contributed by atoms with Crippen LogP contribution in [0.5, 0.6) is 0 Å². The first-order valence-corrected chi connectivity index (χ1v) is 10.5. The van der Waals surface area contributed by atoms with Crippen LogP contribution in [0.3, 0.4) is 0 Å². The summed E-state index contributed by atoms with van der Waals surface area (Å²) < 4.78 is 2.23. The summed E-state index contributed by atoms with van der Waals surface area (Å²) in [7, 11) is 0. The minimum atomic E-state index is -0.144.